The van der Waals surface area contributed by atoms with E-state index in [-0.39, 0.29) is 11.1 Å². The Bertz CT molecular complexity index is 1860. The lowest BCUT2D eigenvalue weighted by Gasteiger charge is -2.57. The maximum Gasteiger partial charge on any atom is 0.126 e. The first-order valence-electron chi connectivity index (χ1n) is 23.2. The molecule has 0 amide bonds. The van der Waals surface area contributed by atoms with Crippen LogP contribution in [-0.2, 0) is 5.41 Å². The molecule has 3 unspecified atom stereocenters. The Hall–Kier alpha value is -3.08. The third kappa shape index (κ3) is 8.32. The average molecular weight is 802 g/mol. The molecule has 0 aromatic heterocycles. The Kier molecular flexibility index (Phi) is 13.4. The predicted molar refractivity (Wildman–Crippen MR) is 252 cm³/mol. The number of aryl methyl sites for hydroxylation is 4. The van der Waals surface area contributed by atoms with Crippen LogP contribution < -0.4 is 9.47 Å². The molecule has 1 fully saturated rings. The van der Waals surface area contributed by atoms with Crippen molar-refractivity contribution in [1.29, 1.82) is 0 Å². The highest BCUT2D eigenvalue weighted by atomic mass is 28.3. The largest absolute Gasteiger partial charge is 0.493 e. The molecule has 0 saturated heterocycles. The van der Waals surface area contributed by atoms with Crippen LogP contribution >= 0.6 is 0 Å². The smallest absolute Gasteiger partial charge is 0.126 e. The van der Waals surface area contributed by atoms with Gasteiger partial charge in [-0.3, -0.25) is 0 Å². The van der Waals surface area contributed by atoms with Gasteiger partial charge in [-0.2, -0.15) is 0 Å². The minimum atomic E-state index is -1.97. The Morgan fingerprint density at radius 3 is 1.60 bits per heavy atom. The van der Waals surface area contributed by atoms with E-state index in [2.05, 4.69) is 161 Å². The van der Waals surface area contributed by atoms with Crippen LogP contribution in [0.1, 0.15) is 164 Å². The van der Waals surface area contributed by atoms with Crippen molar-refractivity contribution in [2.45, 2.75) is 182 Å². The van der Waals surface area contributed by atoms with Gasteiger partial charge in [0, 0.05) is 11.1 Å². The molecule has 0 spiro atoms. The van der Waals surface area contributed by atoms with Gasteiger partial charge in [0.25, 0.3) is 0 Å². The summed E-state index contributed by atoms with van der Waals surface area (Å²) in [4.78, 5) is 0. The number of fused-ring (bicyclic) bond motifs is 4. The maximum absolute atomic E-state index is 6.61. The molecular weight excluding hydrogens is 723 g/mol. The van der Waals surface area contributed by atoms with E-state index in [0.717, 1.165) is 37.6 Å². The lowest BCUT2D eigenvalue weighted by Crippen LogP contribution is -2.67. The van der Waals surface area contributed by atoms with Gasteiger partial charge in [0.2, 0.25) is 0 Å². The molecule has 0 N–H and O–H groups in total. The number of hydrogen-bond acceptors (Lipinski definition) is 3. The Morgan fingerprint density at radius 2 is 1.14 bits per heavy atom. The summed E-state index contributed by atoms with van der Waals surface area (Å²) in [6.45, 7) is 35.2. The van der Waals surface area contributed by atoms with E-state index in [1.165, 1.54) is 107 Å². The summed E-state index contributed by atoms with van der Waals surface area (Å²) < 4.78 is 16.2. The van der Waals surface area contributed by atoms with Crippen molar-refractivity contribution >= 4 is 13.8 Å². The van der Waals surface area contributed by atoms with Crippen LogP contribution in [0.2, 0.25) is 18.6 Å². The van der Waals surface area contributed by atoms with Crippen LogP contribution in [-0.4, -0.2) is 37.1 Å². The fourth-order valence-electron chi connectivity index (χ4n) is 12.5. The van der Waals surface area contributed by atoms with Crippen molar-refractivity contribution in [2.75, 3.05) is 13.2 Å². The molecule has 3 aromatic rings. The molecule has 0 radical (unpaired) electrons. The predicted octanol–water partition coefficient (Wildman–Crippen LogP) is 15.0. The average Bonchev–Trinajstić information content (AvgIpc) is 3.68. The van der Waals surface area contributed by atoms with Crippen LogP contribution in [0.15, 0.2) is 66.3 Å². The summed E-state index contributed by atoms with van der Waals surface area (Å²) in [7, 11) is -1.97. The summed E-state index contributed by atoms with van der Waals surface area (Å²) in [6, 6.07) is 19.3. The lowest BCUT2D eigenvalue weighted by molar-refractivity contribution is 0.122. The lowest BCUT2D eigenvalue weighted by atomic mass is 9.64. The molecule has 316 valence electrons. The number of nitrogens with zero attached hydrogens (tertiary/aromatic N) is 1. The normalized spacial score (nSPS) is 20.1. The van der Waals surface area contributed by atoms with Gasteiger partial charge >= 0.3 is 0 Å². The van der Waals surface area contributed by atoms with Gasteiger partial charge < -0.3 is 14.0 Å². The molecule has 0 bridgehead atoms. The minimum Gasteiger partial charge on any atom is -0.493 e. The molecule has 3 atom stereocenters. The van der Waals surface area contributed by atoms with E-state index in [0.29, 0.717) is 17.4 Å². The Morgan fingerprint density at radius 1 is 0.655 bits per heavy atom. The molecule has 1 saturated carbocycles. The molecule has 0 aliphatic heterocycles. The van der Waals surface area contributed by atoms with Crippen molar-refractivity contribution in [2.24, 2.45) is 11.8 Å². The van der Waals surface area contributed by atoms with Crippen LogP contribution in [0, 0.1) is 39.5 Å². The number of hydrogen-bond donors (Lipinski definition) is 0. The van der Waals surface area contributed by atoms with Crippen molar-refractivity contribution in [1.82, 2.24) is 4.57 Å². The fraction of sp³-hybridized carbons (Fsp3) is 0.593. The zero-order chi connectivity index (χ0) is 42.2. The first kappa shape index (κ1) is 44.5. The van der Waals surface area contributed by atoms with E-state index < -0.39 is 13.7 Å². The summed E-state index contributed by atoms with van der Waals surface area (Å²) in [5, 5.41) is 0. The third-order valence-corrected chi connectivity index (χ3v) is 18.9. The number of unbranched alkanes of at least 4 members (excludes halogenated alkanes) is 6. The SMILES string of the molecule is CCCCCCOc1c(C)cc(C2(c3cc(C)c(OCCCCCC)c(C)c3)C3=CC4C(C=C3c3ccccc32)CCC4[Si](C)(C)N(C(C)(C)C)C(C)(C)C)cc1C. The minimum absolute atomic E-state index is 0.0892. The van der Waals surface area contributed by atoms with Crippen molar-refractivity contribution in [3.8, 4) is 11.5 Å². The van der Waals surface area contributed by atoms with Crippen LogP contribution in [0.4, 0.5) is 0 Å². The second kappa shape index (κ2) is 17.5. The van der Waals surface area contributed by atoms with E-state index in [1.54, 1.807) is 0 Å². The second-order valence-electron chi connectivity index (χ2n) is 20.9. The van der Waals surface area contributed by atoms with Crippen molar-refractivity contribution < 1.29 is 9.47 Å². The van der Waals surface area contributed by atoms with E-state index >= 15 is 0 Å². The quantitative estimate of drug-likeness (QED) is 0.106. The van der Waals surface area contributed by atoms with Crippen molar-refractivity contribution in [3.63, 3.8) is 0 Å². The van der Waals surface area contributed by atoms with Crippen LogP contribution in [0.3, 0.4) is 0 Å². The molecule has 0 heterocycles. The molecule has 6 rings (SSSR count). The van der Waals surface area contributed by atoms with Gasteiger partial charge in [-0.15, -0.1) is 0 Å². The number of allylic oxidation sites excluding steroid dienone is 4. The standard InChI is InChI=1S/C54H79NO2Si/c1-15-17-19-23-29-56-50-37(3)31-42(32-38(50)4)54(43-33-39(5)51(40(6)34-43)57-30-24-20-18-16-2)47-26-22-21-25-44(47)46-35-41-27-28-49(45(41)36-48(46)54)58(13,14)55(52(7,8)9)53(10,11)12/h21-22,25-26,31-36,41,45,49H,15-20,23-24,27-30H2,1-14H3. The van der Waals surface area contributed by atoms with E-state index in [4.69, 9.17) is 9.47 Å². The topological polar surface area (TPSA) is 21.7 Å². The summed E-state index contributed by atoms with van der Waals surface area (Å²) in [6.07, 6.45) is 17.8. The molecule has 58 heavy (non-hydrogen) atoms. The van der Waals surface area contributed by atoms with Crippen molar-refractivity contribution in [3.05, 3.63) is 111 Å². The Labute approximate surface area is 356 Å². The van der Waals surface area contributed by atoms with Gasteiger partial charge in [-0.1, -0.05) is 133 Å². The first-order valence-corrected chi connectivity index (χ1v) is 26.2. The summed E-state index contributed by atoms with van der Waals surface area (Å²) in [5.41, 5.74) is 13.7. The molecule has 3 aliphatic rings. The highest BCUT2D eigenvalue weighted by molar-refractivity contribution is 6.76. The molecular formula is C54H79NO2Si. The van der Waals surface area contributed by atoms with Crippen LogP contribution in [0.25, 0.3) is 5.57 Å². The van der Waals surface area contributed by atoms with Gasteiger partial charge in [-0.05, 0) is 162 Å². The van der Waals surface area contributed by atoms with Crippen LogP contribution in [0.5, 0.6) is 11.5 Å². The fourth-order valence-corrected chi connectivity index (χ4v) is 18.5. The molecule has 4 heteroatoms. The molecule has 3 aromatic carbocycles. The third-order valence-electron chi connectivity index (χ3n) is 13.9. The first-order chi connectivity index (χ1) is 27.4. The second-order valence-corrected chi connectivity index (χ2v) is 25.4. The molecule has 3 aliphatic carbocycles. The van der Waals surface area contributed by atoms with Gasteiger partial charge in [-0.25, -0.2) is 0 Å². The molecule has 3 nitrogen and oxygen atoms in total. The number of benzene rings is 3. The Balaban J connectivity index is 1.56. The zero-order valence-corrected chi connectivity index (χ0v) is 40.3. The highest BCUT2D eigenvalue weighted by Gasteiger charge is 2.56. The number of ether oxygens (including phenoxy) is 2. The van der Waals surface area contributed by atoms with E-state index in [1.807, 2.05) is 0 Å². The summed E-state index contributed by atoms with van der Waals surface area (Å²) >= 11 is 0. The number of rotatable bonds is 16. The highest BCUT2D eigenvalue weighted by Crippen LogP contribution is 2.63. The van der Waals surface area contributed by atoms with Gasteiger partial charge in [0.15, 0.2) is 0 Å². The van der Waals surface area contributed by atoms with Gasteiger partial charge in [0.1, 0.15) is 19.7 Å². The van der Waals surface area contributed by atoms with Gasteiger partial charge in [0.05, 0.1) is 18.6 Å². The van der Waals surface area contributed by atoms with E-state index in [9.17, 15) is 0 Å². The maximum atomic E-state index is 6.61. The zero-order valence-electron chi connectivity index (χ0n) is 39.3. The monoisotopic (exact) mass is 802 g/mol. The summed E-state index contributed by atoms with van der Waals surface area (Å²) in [5.74, 6) is 3.17.